The molecule has 4 heterocycles. The van der Waals surface area contributed by atoms with Crippen molar-refractivity contribution < 1.29 is 33.6 Å². The summed E-state index contributed by atoms with van der Waals surface area (Å²) in [7, 11) is 0. The van der Waals surface area contributed by atoms with Gasteiger partial charge in [-0.05, 0) is 35.4 Å². The lowest BCUT2D eigenvalue weighted by atomic mass is 9.89. The molecule has 0 aromatic heterocycles. The average molecular weight is 585 g/mol. The van der Waals surface area contributed by atoms with Crippen LogP contribution in [0, 0.1) is 5.92 Å². The number of piperidine rings is 1. The zero-order valence-electron chi connectivity index (χ0n) is 24.2. The number of carbonyl (C=O) groups is 2. The number of fused-ring (bicyclic) bond motifs is 1. The van der Waals surface area contributed by atoms with Gasteiger partial charge in [0.1, 0.15) is 0 Å². The van der Waals surface area contributed by atoms with Crippen LogP contribution in [0.2, 0.25) is 0 Å². The highest BCUT2D eigenvalue weighted by atomic mass is 16.7. The minimum Gasteiger partial charge on any atom is -0.392 e. The average Bonchev–Trinajstić information content (AvgIpc) is 3.61. The molecule has 3 fully saturated rings. The first-order valence-corrected chi connectivity index (χ1v) is 15.0. The molecule has 0 bridgehead atoms. The van der Waals surface area contributed by atoms with Crippen LogP contribution < -0.4 is 4.90 Å². The summed E-state index contributed by atoms with van der Waals surface area (Å²) in [6, 6.07) is 22.0. The number of aliphatic hydroxyl groups excluding tert-OH is 1. The first-order chi connectivity index (χ1) is 20.9. The summed E-state index contributed by atoms with van der Waals surface area (Å²) in [6.07, 6.45) is 0.679. The third-order valence-electron chi connectivity index (χ3n) is 9.21. The smallest absolute Gasteiger partial charge is 0.266 e. The monoisotopic (exact) mass is 584 g/mol. The molecule has 0 unspecified atom stereocenters. The molecule has 3 aromatic carbocycles. The molecule has 3 aromatic rings. The SMILES string of the molecule is C[C@H]1[C@@H](CN2CCC3(CC2)OCCO3)O[C@@H](c2ccc(N3C(=O)c4ccccc4C3=O)cc2)O[C@H]1c1ccc(CO)cc1. The number of hydrogen-bond acceptors (Lipinski definition) is 8. The fourth-order valence-corrected chi connectivity index (χ4v) is 6.65. The summed E-state index contributed by atoms with van der Waals surface area (Å²) in [5, 5.41) is 9.55. The Bertz CT molecular complexity index is 1440. The molecule has 1 spiro atoms. The van der Waals surface area contributed by atoms with Crippen molar-refractivity contribution in [2.45, 2.75) is 50.7 Å². The maximum Gasteiger partial charge on any atom is 0.266 e. The number of aliphatic hydroxyl groups is 1. The van der Waals surface area contributed by atoms with Crippen molar-refractivity contribution in [1.29, 1.82) is 0 Å². The van der Waals surface area contributed by atoms with Gasteiger partial charge < -0.3 is 29.0 Å². The van der Waals surface area contributed by atoms with Crippen LogP contribution in [0.25, 0.3) is 0 Å². The maximum atomic E-state index is 13.0. The molecule has 1 N–H and O–H groups in total. The Morgan fingerprint density at radius 3 is 2.02 bits per heavy atom. The van der Waals surface area contributed by atoms with Crippen molar-refractivity contribution in [2.75, 3.05) is 37.7 Å². The van der Waals surface area contributed by atoms with Gasteiger partial charge in [0, 0.05) is 44.0 Å². The van der Waals surface area contributed by atoms with Crippen molar-refractivity contribution in [2.24, 2.45) is 5.92 Å². The molecule has 0 saturated carbocycles. The van der Waals surface area contributed by atoms with Crippen molar-refractivity contribution >= 4 is 17.5 Å². The highest BCUT2D eigenvalue weighted by Gasteiger charge is 2.43. The molecule has 9 nitrogen and oxygen atoms in total. The van der Waals surface area contributed by atoms with Gasteiger partial charge in [-0.3, -0.25) is 9.59 Å². The van der Waals surface area contributed by atoms with E-state index in [1.807, 2.05) is 36.4 Å². The van der Waals surface area contributed by atoms with E-state index in [2.05, 4.69) is 11.8 Å². The van der Waals surface area contributed by atoms with Gasteiger partial charge in [-0.2, -0.15) is 0 Å². The molecule has 3 saturated heterocycles. The predicted molar refractivity (Wildman–Crippen MR) is 157 cm³/mol. The third-order valence-corrected chi connectivity index (χ3v) is 9.21. The molecule has 4 aliphatic rings. The zero-order chi connectivity index (χ0) is 29.6. The second-order valence-corrected chi connectivity index (χ2v) is 11.8. The van der Waals surface area contributed by atoms with E-state index in [-0.39, 0.29) is 36.5 Å². The first kappa shape index (κ1) is 28.3. The number of likely N-dealkylation sites (tertiary alicyclic amines) is 1. The van der Waals surface area contributed by atoms with Gasteiger partial charge in [-0.25, -0.2) is 4.90 Å². The lowest BCUT2D eigenvalue weighted by Gasteiger charge is -2.44. The Labute approximate surface area is 250 Å². The third kappa shape index (κ3) is 5.31. The Hall–Kier alpha value is -3.44. The number of nitrogens with zero attached hydrogens (tertiary/aromatic N) is 2. The predicted octanol–water partition coefficient (Wildman–Crippen LogP) is 4.61. The van der Waals surface area contributed by atoms with Crippen LogP contribution in [-0.4, -0.2) is 66.6 Å². The summed E-state index contributed by atoms with van der Waals surface area (Å²) in [5.74, 6) is -1.02. The molecule has 43 heavy (non-hydrogen) atoms. The van der Waals surface area contributed by atoms with Crippen molar-refractivity contribution in [3.8, 4) is 0 Å². The molecule has 2 amide bonds. The van der Waals surface area contributed by atoms with E-state index in [4.69, 9.17) is 18.9 Å². The van der Waals surface area contributed by atoms with Crippen LogP contribution >= 0.6 is 0 Å². The number of amides is 2. The van der Waals surface area contributed by atoms with Crippen molar-refractivity contribution in [3.63, 3.8) is 0 Å². The fourth-order valence-electron chi connectivity index (χ4n) is 6.65. The largest absolute Gasteiger partial charge is 0.392 e. The normalized spacial score (nSPS) is 27.2. The van der Waals surface area contributed by atoms with Gasteiger partial charge in [0.15, 0.2) is 12.1 Å². The van der Waals surface area contributed by atoms with Gasteiger partial charge in [0.05, 0.1) is 48.8 Å². The highest BCUT2D eigenvalue weighted by molar-refractivity contribution is 6.34. The lowest BCUT2D eigenvalue weighted by molar-refractivity contribution is -0.278. The van der Waals surface area contributed by atoms with Gasteiger partial charge in [-0.15, -0.1) is 0 Å². The van der Waals surface area contributed by atoms with Gasteiger partial charge in [0.2, 0.25) is 0 Å². The summed E-state index contributed by atoms with van der Waals surface area (Å²) in [6.45, 7) is 5.93. The molecule has 4 atom stereocenters. The van der Waals surface area contributed by atoms with Crippen LogP contribution in [0.3, 0.4) is 0 Å². The molecule has 0 aliphatic carbocycles. The minimum absolute atomic E-state index is 0.0148. The van der Waals surface area contributed by atoms with Crippen molar-refractivity contribution in [1.82, 2.24) is 4.90 Å². The maximum absolute atomic E-state index is 13.0. The van der Waals surface area contributed by atoms with Crippen LogP contribution in [0.4, 0.5) is 5.69 Å². The highest BCUT2D eigenvalue weighted by Crippen LogP contribution is 2.43. The molecule has 7 rings (SSSR count). The van der Waals surface area contributed by atoms with Gasteiger partial charge in [0.25, 0.3) is 11.8 Å². The zero-order valence-corrected chi connectivity index (χ0v) is 24.2. The minimum atomic E-state index is -0.641. The Morgan fingerprint density at radius 2 is 1.42 bits per heavy atom. The number of carbonyl (C=O) groups excluding carboxylic acids is 2. The van der Waals surface area contributed by atoms with E-state index >= 15 is 0 Å². The van der Waals surface area contributed by atoms with E-state index in [0.717, 1.165) is 49.2 Å². The Balaban J connectivity index is 1.11. The van der Waals surface area contributed by atoms with E-state index in [9.17, 15) is 14.7 Å². The lowest BCUT2D eigenvalue weighted by Crippen LogP contribution is -2.50. The molecule has 0 radical (unpaired) electrons. The summed E-state index contributed by atoms with van der Waals surface area (Å²) in [5.41, 5.74) is 4.01. The van der Waals surface area contributed by atoms with Crippen LogP contribution in [-0.2, 0) is 25.6 Å². The molecule has 9 heteroatoms. The molecular weight excluding hydrogens is 548 g/mol. The number of imide groups is 1. The molecular formula is C34H36N2O7. The summed E-state index contributed by atoms with van der Waals surface area (Å²) < 4.78 is 25.1. The summed E-state index contributed by atoms with van der Waals surface area (Å²) >= 11 is 0. The quantitative estimate of drug-likeness (QED) is 0.420. The van der Waals surface area contributed by atoms with Crippen molar-refractivity contribution in [3.05, 3.63) is 101 Å². The molecule has 224 valence electrons. The molecule has 4 aliphatic heterocycles. The van der Waals surface area contributed by atoms with E-state index in [1.165, 1.54) is 4.90 Å². The summed E-state index contributed by atoms with van der Waals surface area (Å²) in [4.78, 5) is 29.7. The van der Waals surface area contributed by atoms with E-state index < -0.39 is 12.1 Å². The second-order valence-electron chi connectivity index (χ2n) is 11.8. The Kier molecular flexibility index (Phi) is 7.63. The van der Waals surface area contributed by atoms with Crippen LogP contribution in [0.15, 0.2) is 72.8 Å². The van der Waals surface area contributed by atoms with Gasteiger partial charge >= 0.3 is 0 Å². The van der Waals surface area contributed by atoms with E-state index in [0.29, 0.717) is 30.0 Å². The number of anilines is 1. The topological polar surface area (TPSA) is 97.8 Å². The number of benzene rings is 3. The van der Waals surface area contributed by atoms with Crippen LogP contribution in [0.1, 0.15) is 69.6 Å². The van der Waals surface area contributed by atoms with Gasteiger partial charge in [-0.1, -0.05) is 55.5 Å². The number of ether oxygens (including phenoxy) is 4. The fraction of sp³-hybridized carbons (Fsp3) is 0.412. The standard InChI is InChI=1S/C34H36N2O7/c1-22-29(20-35-16-14-34(15-17-35)40-18-19-41-34)42-33(43-30(22)24-8-6-23(21-37)7-9-24)25-10-12-26(13-11-25)36-31(38)27-4-2-3-5-28(27)32(36)39/h2-13,22,29-30,33,37H,14-21H2,1H3/t22-,29+,30+,33+/m0/s1. The Morgan fingerprint density at radius 1 is 0.814 bits per heavy atom. The second kappa shape index (κ2) is 11.6. The van der Waals surface area contributed by atoms with E-state index in [1.54, 1.807) is 36.4 Å². The number of rotatable bonds is 6. The van der Waals surface area contributed by atoms with Crippen LogP contribution in [0.5, 0.6) is 0 Å². The number of hydrogen-bond donors (Lipinski definition) is 1. The first-order valence-electron chi connectivity index (χ1n) is 15.0.